The van der Waals surface area contributed by atoms with Crippen LogP contribution in [0.15, 0.2) is 46.0 Å². The molecule has 0 saturated heterocycles. The number of hydrogen-bond donors (Lipinski definition) is 1. The minimum atomic E-state index is -4.51. The number of nitrogens with one attached hydrogen (secondary N) is 1. The number of benzene rings is 1. The van der Waals surface area contributed by atoms with Crippen LogP contribution in [0.3, 0.4) is 0 Å². The highest BCUT2D eigenvalue weighted by Gasteiger charge is 2.33. The topological polar surface area (TPSA) is 63.6 Å². The normalized spacial score (nSPS) is 11.5. The maximum absolute atomic E-state index is 12.9. The van der Waals surface area contributed by atoms with E-state index in [0.29, 0.717) is 20.9 Å². The molecule has 0 aliphatic rings. The molecule has 1 aromatic carbocycles. The van der Waals surface area contributed by atoms with E-state index in [1.165, 1.54) is 35.9 Å². The molecule has 5 nitrogen and oxygen atoms in total. The van der Waals surface area contributed by atoms with Gasteiger partial charge in [0.1, 0.15) is 10.5 Å². The zero-order chi connectivity index (χ0) is 17.2. The minimum absolute atomic E-state index is 0.338. The summed E-state index contributed by atoms with van der Waals surface area (Å²) in [6.07, 6.45) is -1.59. The lowest BCUT2D eigenvalue weighted by molar-refractivity contribution is -0.137. The molecule has 0 fully saturated rings. The number of hydrogen-bond acceptors (Lipinski definition) is 7. The summed E-state index contributed by atoms with van der Waals surface area (Å²) in [6, 6.07) is 3.70. The number of rotatable bonds is 4. The maximum Gasteiger partial charge on any atom is 0.417 e. The van der Waals surface area contributed by atoms with Crippen molar-refractivity contribution in [3.05, 3.63) is 46.7 Å². The Morgan fingerprint density at radius 1 is 1.17 bits per heavy atom. The molecule has 3 rings (SSSR count). The first kappa shape index (κ1) is 16.9. The van der Waals surface area contributed by atoms with Gasteiger partial charge in [-0.05, 0) is 18.2 Å². The van der Waals surface area contributed by atoms with Gasteiger partial charge in [0.25, 0.3) is 0 Å². The van der Waals surface area contributed by atoms with Gasteiger partial charge in [0.05, 0.1) is 23.0 Å². The summed E-state index contributed by atoms with van der Waals surface area (Å²) in [5.74, 6) is 0.461. The van der Waals surface area contributed by atoms with Gasteiger partial charge in [-0.25, -0.2) is 9.97 Å². The van der Waals surface area contributed by atoms with Crippen molar-refractivity contribution in [1.29, 1.82) is 0 Å². The summed E-state index contributed by atoms with van der Waals surface area (Å²) in [7, 11) is 0. The smallest absolute Gasteiger partial charge is 0.313 e. The Morgan fingerprint density at radius 3 is 2.62 bits per heavy atom. The summed E-state index contributed by atoms with van der Waals surface area (Å²) in [4.78, 5) is 8.65. The predicted molar refractivity (Wildman–Crippen MR) is 85.8 cm³/mol. The van der Waals surface area contributed by atoms with E-state index in [2.05, 4.69) is 25.5 Å². The fourth-order valence-electron chi connectivity index (χ4n) is 1.68. The third-order valence-electron chi connectivity index (χ3n) is 2.69. The molecule has 124 valence electrons. The monoisotopic (exact) mass is 389 g/mol. The van der Waals surface area contributed by atoms with Gasteiger partial charge < -0.3 is 5.32 Å². The molecule has 0 amide bonds. The highest BCUT2D eigenvalue weighted by Crippen LogP contribution is 2.38. The van der Waals surface area contributed by atoms with Crippen molar-refractivity contribution in [2.45, 2.75) is 16.1 Å². The van der Waals surface area contributed by atoms with Crippen LogP contribution in [0.25, 0.3) is 0 Å². The van der Waals surface area contributed by atoms with E-state index in [0.717, 1.165) is 17.8 Å². The molecule has 11 heteroatoms. The number of alkyl halides is 3. The molecule has 0 saturated carbocycles. The van der Waals surface area contributed by atoms with Gasteiger partial charge in [0.2, 0.25) is 5.13 Å². The van der Waals surface area contributed by atoms with Crippen LogP contribution in [-0.4, -0.2) is 20.2 Å². The molecular weight excluding hydrogens is 383 g/mol. The number of halogens is 4. The van der Waals surface area contributed by atoms with Gasteiger partial charge in [0, 0.05) is 4.90 Å². The molecule has 2 heterocycles. The van der Waals surface area contributed by atoms with E-state index in [9.17, 15) is 13.2 Å². The average molecular weight is 390 g/mol. The van der Waals surface area contributed by atoms with Crippen LogP contribution in [0.5, 0.6) is 0 Å². The van der Waals surface area contributed by atoms with E-state index in [1.54, 1.807) is 5.51 Å². The Labute approximate surface area is 147 Å². The van der Waals surface area contributed by atoms with E-state index < -0.39 is 11.7 Å². The third kappa shape index (κ3) is 4.13. The van der Waals surface area contributed by atoms with Crippen molar-refractivity contribution in [2.75, 3.05) is 5.32 Å². The second-order valence-corrected chi connectivity index (χ2v) is 6.68. The summed E-state index contributed by atoms with van der Waals surface area (Å²) in [6.45, 7) is 0. The van der Waals surface area contributed by atoms with E-state index in [-0.39, 0.29) is 5.02 Å². The van der Waals surface area contributed by atoms with Crippen molar-refractivity contribution in [2.24, 2.45) is 0 Å². The van der Waals surface area contributed by atoms with Gasteiger partial charge in [0.15, 0.2) is 5.82 Å². The van der Waals surface area contributed by atoms with Crippen molar-refractivity contribution < 1.29 is 13.2 Å². The largest absolute Gasteiger partial charge is 0.417 e. The van der Waals surface area contributed by atoms with Crippen molar-refractivity contribution in [3.63, 3.8) is 0 Å². The lowest BCUT2D eigenvalue weighted by Crippen LogP contribution is -2.05. The Bertz CT molecular complexity index is 825. The lowest BCUT2D eigenvalue weighted by Gasteiger charge is -2.10. The van der Waals surface area contributed by atoms with Crippen LogP contribution in [-0.2, 0) is 6.18 Å². The Balaban J connectivity index is 1.74. The molecule has 0 spiro atoms. The molecular formula is C13H7ClF3N5S2. The first-order valence-electron chi connectivity index (χ1n) is 6.31. The average Bonchev–Trinajstić information content (AvgIpc) is 3.03. The quantitative estimate of drug-likeness (QED) is 0.685. The molecule has 0 radical (unpaired) electrons. The van der Waals surface area contributed by atoms with Crippen molar-refractivity contribution >= 4 is 45.6 Å². The summed E-state index contributed by atoms with van der Waals surface area (Å²) in [5.41, 5.74) is 0.690. The molecule has 2 aromatic heterocycles. The molecule has 0 aliphatic carbocycles. The summed E-state index contributed by atoms with van der Waals surface area (Å²) < 4.78 is 38.6. The fourth-order valence-corrected chi connectivity index (χ4v) is 3.12. The summed E-state index contributed by atoms with van der Waals surface area (Å²) in [5, 5.41) is 11.1. The van der Waals surface area contributed by atoms with Crippen molar-refractivity contribution in [1.82, 2.24) is 20.2 Å². The van der Waals surface area contributed by atoms with Gasteiger partial charge in [-0.1, -0.05) is 34.7 Å². The number of aromatic nitrogens is 4. The SMILES string of the molecule is FC(F)(F)c1cc(Sc2cnc(Nc3nncs3)cn2)ccc1Cl. The molecule has 0 unspecified atom stereocenters. The van der Waals surface area contributed by atoms with Crippen LogP contribution in [0, 0.1) is 0 Å². The molecule has 0 bridgehead atoms. The molecule has 0 aliphatic heterocycles. The van der Waals surface area contributed by atoms with Crippen LogP contribution < -0.4 is 5.32 Å². The van der Waals surface area contributed by atoms with Crippen LogP contribution in [0.1, 0.15) is 5.56 Å². The van der Waals surface area contributed by atoms with E-state index >= 15 is 0 Å². The fraction of sp³-hybridized carbons (Fsp3) is 0.0769. The van der Waals surface area contributed by atoms with Gasteiger partial charge >= 0.3 is 6.18 Å². The zero-order valence-corrected chi connectivity index (χ0v) is 14.0. The van der Waals surface area contributed by atoms with E-state index in [4.69, 9.17) is 11.6 Å². The lowest BCUT2D eigenvalue weighted by atomic mass is 10.2. The van der Waals surface area contributed by atoms with E-state index in [1.807, 2.05) is 0 Å². The van der Waals surface area contributed by atoms with Gasteiger partial charge in [-0.2, -0.15) is 13.2 Å². The number of anilines is 2. The standard InChI is InChI=1S/C13H7ClF3N5S2/c14-9-2-1-7(3-8(9)13(15,16)17)24-11-5-18-10(4-19-11)21-12-22-20-6-23-12/h1-6H,(H,18,21,22). The molecule has 24 heavy (non-hydrogen) atoms. The molecule has 3 aromatic rings. The summed E-state index contributed by atoms with van der Waals surface area (Å²) >= 11 is 7.96. The second kappa shape index (κ2) is 6.91. The second-order valence-electron chi connectivity index (χ2n) is 4.35. The predicted octanol–water partition coefficient (Wildman–Crippen LogP) is 4.90. The van der Waals surface area contributed by atoms with Gasteiger partial charge in [-0.3, -0.25) is 0 Å². The molecule has 0 atom stereocenters. The van der Waals surface area contributed by atoms with Crippen LogP contribution in [0.4, 0.5) is 24.1 Å². The Morgan fingerprint density at radius 2 is 2.00 bits per heavy atom. The third-order valence-corrected chi connectivity index (χ3v) is 4.53. The molecule has 1 N–H and O–H groups in total. The highest BCUT2D eigenvalue weighted by atomic mass is 35.5. The van der Waals surface area contributed by atoms with Gasteiger partial charge in [-0.15, -0.1) is 10.2 Å². The van der Waals surface area contributed by atoms with Crippen LogP contribution >= 0.6 is 34.7 Å². The Hall–Kier alpha value is -1.91. The van der Waals surface area contributed by atoms with Crippen LogP contribution in [0.2, 0.25) is 5.02 Å². The number of nitrogens with zero attached hydrogens (tertiary/aromatic N) is 4. The highest BCUT2D eigenvalue weighted by molar-refractivity contribution is 7.99. The first-order chi connectivity index (χ1) is 11.4. The maximum atomic E-state index is 12.9. The Kier molecular flexibility index (Phi) is 4.88. The first-order valence-corrected chi connectivity index (χ1v) is 8.39. The zero-order valence-electron chi connectivity index (χ0n) is 11.6. The minimum Gasteiger partial charge on any atom is -0.313 e. The van der Waals surface area contributed by atoms with Crippen molar-refractivity contribution in [3.8, 4) is 0 Å².